The van der Waals surface area contributed by atoms with Crippen LogP contribution in [0.15, 0.2) is 29.3 Å². The Labute approximate surface area is 102 Å². The van der Waals surface area contributed by atoms with Crippen LogP contribution in [0, 0.1) is 0 Å². The Kier molecular flexibility index (Phi) is 3.01. The van der Waals surface area contributed by atoms with Crippen LogP contribution in [0.1, 0.15) is 43.1 Å². The molecule has 3 heteroatoms. The molecule has 0 aliphatic carbocycles. The molecule has 1 aromatic rings. The Bertz CT molecular complexity index is 475. The zero-order chi connectivity index (χ0) is 12.5. The smallest absolute Gasteiger partial charge is 0.217 e. The third-order valence-corrected chi connectivity index (χ3v) is 2.75. The van der Waals surface area contributed by atoms with Crippen LogP contribution in [0.2, 0.25) is 0 Å². The van der Waals surface area contributed by atoms with Gasteiger partial charge in [0.15, 0.2) is 5.78 Å². The lowest BCUT2D eigenvalue weighted by molar-refractivity contribution is 0.0987. The second-order valence-corrected chi connectivity index (χ2v) is 4.84. The molecular weight excluding hydrogens is 214 g/mol. The summed E-state index contributed by atoms with van der Waals surface area (Å²) in [5.41, 5.74) is 1.31. The van der Waals surface area contributed by atoms with E-state index in [-0.39, 0.29) is 11.3 Å². The third-order valence-electron chi connectivity index (χ3n) is 2.75. The predicted molar refractivity (Wildman–Crippen MR) is 67.6 cm³/mol. The van der Waals surface area contributed by atoms with Gasteiger partial charge in [-0.15, -0.1) is 0 Å². The fraction of sp³-hybridized carbons (Fsp3) is 0.429. The van der Waals surface area contributed by atoms with Gasteiger partial charge in [0.2, 0.25) is 5.90 Å². The van der Waals surface area contributed by atoms with Gasteiger partial charge >= 0.3 is 0 Å². The van der Waals surface area contributed by atoms with Crippen molar-refractivity contribution in [1.29, 1.82) is 0 Å². The van der Waals surface area contributed by atoms with Gasteiger partial charge in [-0.3, -0.25) is 4.79 Å². The molecule has 17 heavy (non-hydrogen) atoms. The third kappa shape index (κ3) is 2.38. The minimum Gasteiger partial charge on any atom is -0.475 e. The summed E-state index contributed by atoms with van der Waals surface area (Å²) in [5, 5.41) is 0. The number of carbonyl (C=O) groups is 1. The van der Waals surface area contributed by atoms with Crippen LogP contribution >= 0.6 is 0 Å². The Hall–Kier alpha value is -1.64. The number of aliphatic imine (C=N–C) groups is 1. The highest BCUT2D eigenvalue weighted by Gasteiger charge is 2.28. The Morgan fingerprint density at radius 1 is 1.41 bits per heavy atom. The Balaban J connectivity index is 2.43. The first kappa shape index (κ1) is 11.8. The van der Waals surface area contributed by atoms with E-state index in [0.717, 1.165) is 5.56 Å². The molecule has 3 nitrogen and oxygen atoms in total. The summed E-state index contributed by atoms with van der Waals surface area (Å²) >= 11 is 0. The molecule has 0 fully saturated rings. The SMILES string of the molecule is CCC(=O)c1ccccc1C1=NC(C)(C)CO1. The molecule has 0 aromatic heterocycles. The first-order valence-electron chi connectivity index (χ1n) is 5.89. The normalized spacial score (nSPS) is 17.5. The van der Waals surface area contributed by atoms with Crippen LogP contribution < -0.4 is 0 Å². The van der Waals surface area contributed by atoms with Crippen LogP contribution in [-0.4, -0.2) is 23.8 Å². The lowest BCUT2D eigenvalue weighted by atomic mass is 10.0. The lowest BCUT2D eigenvalue weighted by Crippen LogP contribution is -2.17. The molecule has 0 unspecified atom stereocenters. The summed E-state index contributed by atoms with van der Waals surface area (Å²) in [7, 11) is 0. The van der Waals surface area contributed by atoms with Crippen molar-refractivity contribution in [2.24, 2.45) is 4.99 Å². The van der Waals surface area contributed by atoms with E-state index in [1.807, 2.05) is 45.0 Å². The largest absolute Gasteiger partial charge is 0.475 e. The summed E-state index contributed by atoms with van der Waals surface area (Å²) in [6, 6.07) is 7.49. The van der Waals surface area contributed by atoms with Gasteiger partial charge in [0.1, 0.15) is 6.61 Å². The molecule has 1 heterocycles. The average Bonchev–Trinajstić information content (AvgIpc) is 2.68. The van der Waals surface area contributed by atoms with Crippen LogP contribution in [0.4, 0.5) is 0 Å². The fourth-order valence-corrected chi connectivity index (χ4v) is 1.83. The molecular formula is C14H17NO2. The molecule has 1 aromatic carbocycles. The first-order chi connectivity index (χ1) is 8.03. The molecule has 1 aliphatic heterocycles. The fourth-order valence-electron chi connectivity index (χ4n) is 1.83. The van der Waals surface area contributed by atoms with Gasteiger partial charge in [0.25, 0.3) is 0 Å². The molecule has 0 amide bonds. The van der Waals surface area contributed by atoms with Crippen molar-refractivity contribution in [1.82, 2.24) is 0 Å². The molecule has 0 radical (unpaired) electrons. The zero-order valence-electron chi connectivity index (χ0n) is 10.5. The van der Waals surface area contributed by atoms with E-state index in [2.05, 4.69) is 4.99 Å². The number of nitrogens with zero attached hydrogens (tertiary/aromatic N) is 1. The summed E-state index contributed by atoms with van der Waals surface area (Å²) < 4.78 is 5.59. The molecule has 90 valence electrons. The number of hydrogen-bond acceptors (Lipinski definition) is 3. The summed E-state index contributed by atoms with van der Waals surface area (Å²) in [4.78, 5) is 16.4. The molecule has 0 saturated carbocycles. The number of ketones is 1. The van der Waals surface area contributed by atoms with Gasteiger partial charge in [-0.25, -0.2) is 4.99 Å². The van der Waals surface area contributed by atoms with E-state index in [9.17, 15) is 4.79 Å². The van der Waals surface area contributed by atoms with Crippen LogP contribution in [0.5, 0.6) is 0 Å². The highest BCUT2D eigenvalue weighted by molar-refractivity contribution is 6.08. The van der Waals surface area contributed by atoms with E-state index in [0.29, 0.717) is 24.5 Å². The number of Topliss-reactive ketones (excluding diaryl/α,β-unsaturated/α-hetero) is 1. The number of ether oxygens (including phenoxy) is 1. The standard InChI is InChI=1S/C14H17NO2/c1-4-12(16)10-7-5-6-8-11(10)13-15-14(2,3)9-17-13/h5-8H,4,9H2,1-3H3. The minimum absolute atomic E-state index is 0.122. The van der Waals surface area contributed by atoms with E-state index >= 15 is 0 Å². The van der Waals surface area contributed by atoms with Gasteiger partial charge in [-0.05, 0) is 19.9 Å². The zero-order valence-corrected chi connectivity index (χ0v) is 10.5. The van der Waals surface area contributed by atoms with Crippen molar-refractivity contribution < 1.29 is 9.53 Å². The van der Waals surface area contributed by atoms with Crippen molar-refractivity contribution in [3.05, 3.63) is 35.4 Å². The Morgan fingerprint density at radius 3 is 2.71 bits per heavy atom. The van der Waals surface area contributed by atoms with Crippen LogP contribution in [-0.2, 0) is 4.74 Å². The first-order valence-corrected chi connectivity index (χ1v) is 5.89. The van der Waals surface area contributed by atoms with E-state index in [4.69, 9.17) is 4.74 Å². The van der Waals surface area contributed by atoms with Gasteiger partial charge in [-0.1, -0.05) is 25.1 Å². The number of hydrogen-bond donors (Lipinski definition) is 0. The number of benzene rings is 1. The number of carbonyl (C=O) groups excluding carboxylic acids is 1. The molecule has 0 spiro atoms. The molecule has 0 N–H and O–H groups in total. The van der Waals surface area contributed by atoms with Crippen molar-refractivity contribution in [3.8, 4) is 0 Å². The monoisotopic (exact) mass is 231 g/mol. The van der Waals surface area contributed by atoms with Gasteiger partial charge in [0, 0.05) is 17.5 Å². The maximum absolute atomic E-state index is 11.8. The topological polar surface area (TPSA) is 38.7 Å². The van der Waals surface area contributed by atoms with Crippen LogP contribution in [0.3, 0.4) is 0 Å². The molecule has 0 atom stereocenters. The van der Waals surface area contributed by atoms with Gasteiger partial charge in [-0.2, -0.15) is 0 Å². The highest BCUT2D eigenvalue weighted by atomic mass is 16.5. The summed E-state index contributed by atoms with van der Waals surface area (Å²) in [6.45, 7) is 6.46. The predicted octanol–water partition coefficient (Wildman–Crippen LogP) is 2.83. The van der Waals surface area contributed by atoms with Crippen molar-refractivity contribution >= 4 is 11.7 Å². The van der Waals surface area contributed by atoms with Crippen molar-refractivity contribution in [2.75, 3.05) is 6.61 Å². The summed E-state index contributed by atoms with van der Waals surface area (Å²) in [6.07, 6.45) is 0.494. The Morgan fingerprint density at radius 2 is 2.12 bits per heavy atom. The maximum Gasteiger partial charge on any atom is 0.217 e. The van der Waals surface area contributed by atoms with Gasteiger partial charge in [0.05, 0.1) is 5.54 Å². The number of rotatable bonds is 3. The molecule has 0 bridgehead atoms. The molecule has 2 rings (SSSR count). The maximum atomic E-state index is 11.8. The molecule has 0 saturated heterocycles. The highest BCUT2D eigenvalue weighted by Crippen LogP contribution is 2.23. The van der Waals surface area contributed by atoms with E-state index < -0.39 is 0 Å². The van der Waals surface area contributed by atoms with E-state index in [1.165, 1.54) is 0 Å². The summed E-state index contributed by atoms with van der Waals surface area (Å²) in [5.74, 6) is 0.712. The van der Waals surface area contributed by atoms with Crippen LogP contribution in [0.25, 0.3) is 0 Å². The molecule has 1 aliphatic rings. The lowest BCUT2D eigenvalue weighted by Gasteiger charge is -2.07. The van der Waals surface area contributed by atoms with Gasteiger partial charge < -0.3 is 4.74 Å². The minimum atomic E-state index is -0.197. The average molecular weight is 231 g/mol. The quantitative estimate of drug-likeness (QED) is 0.750. The van der Waals surface area contributed by atoms with E-state index in [1.54, 1.807) is 0 Å². The second-order valence-electron chi connectivity index (χ2n) is 4.84. The van der Waals surface area contributed by atoms with Crippen molar-refractivity contribution in [3.63, 3.8) is 0 Å². The van der Waals surface area contributed by atoms with Crippen molar-refractivity contribution in [2.45, 2.75) is 32.7 Å². The second kappa shape index (κ2) is 4.32.